The zero-order valence-corrected chi connectivity index (χ0v) is 13.1. The molecule has 2 N–H and O–H groups in total. The maximum Gasteiger partial charge on any atom is 0.226 e. The van der Waals surface area contributed by atoms with Crippen molar-refractivity contribution in [2.75, 3.05) is 5.73 Å². The van der Waals surface area contributed by atoms with Gasteiger partial charge in [-0.05, 0) is 42.7 Å². The Labute approximate surface area is 127 Å². The van der Waals surface area contributed by atoms with Crippen molar-refractivity contribution < 1.29 is 4.79 Å². The van der Waals surface area contributed by atoms with Gasteiger partial charge in [0.2, 0.25) is 5.91 Å². The zero-order chi connectivity index (χ0) is 15.0. The summed E-state index contributed by atoms with van der Waals surface area (Å²) in [6.45, 7) is 5.15. The van der Waals surface area contributed by atoms with Crippen LogP contribution in [0.2, 0.25) is 0 Å². The second-order valence-electron chi connectivity index (χ2n) is 7.33. The lowest BCUT2D eigenvalue weighted by atomic mass is 9.81. The van der Waals surface area contributed by atoms with Crippen molar-refractivity contribution in [3.8, 4) is 0 Å². The quantitative estimate of drug-likeness (QED) is 0.860. The van der Waals surface area contributed by atoms with E-state index in [9.17, 15) is 4.79 Å². The van der Waals surface area contributed by atoms with Crippen molar-refractivity contribution in [1.29, 1.82) is 0 Å². The molecule has 2 fully saturated rings. The lowest BCUT2D eigenvalue weighted by molar-refractivity contribution is -0.139. The van der Waals surface area contributed by atoms with E-state index in [4.69, 9.17) is 5.73 Å². The second-order valence-corrected chi connectivity index (χ2v) is 7.33. The lowest BCUT2D eigenvalue weighted by Gasteiger charge is -2.32. The first kappa shape index (κ1) is 14.4. The predicted molar refractivity (Wildman–Crippen MR) is 85.5 cm³/mol. The highest BCUT2D eigenvalue weighted by molar-refractivity contribution is 5.80. The summed E-state index contributed by atoms with van der Waals surface area (Å²) in [5.41, 5.74) is 8.07. The number of hydrogen-bond donors (Lipinski definition) is 1. The molecule has 3 nitrogen and oxygen atoms in total. The summed E-state index contributed by atoms with van der Waals surface area (Å²) in [7, 11) is 0. The van der Waals surface area contributed by atoms with E-state index in [2.05, 4.69) is 18.7 Å². The monoisotopic (exact) mass is 286 g/mol. The van der Waals surface area contributed by atoms with Gasteiger partial charge >= 0.3 is 0 Å². The van der Waals surface area contributed by atoms with Crippen LogP contribution in [0.1, 0.15) is 51.5 Å². The fourth-order valence-corrected chi connectivity index (χ4v) is 3.62. The molecular weight excluding hydrogens is 260 g/mol. The first-order valence-electron chi connectivity index (χ1n) is 8.13. The molecule has 0 bridgehead atoms. The minimum Gasteiger partial charge on any atom is -0.398 e. The Morgan fingerprint density at radius 3 is 2.57 bits per heavy atom. The molecule has 0 aliphatic heterocycles. The number of carbonyl (C=O) groups excluding carboxylic acids is 1. The Morgan fingerprint density at radius 2 is 2.00 bits per heavy atom. The molecule has 0 radical (unpaired) electrons. The lowest BCUT2D eigenvalue weighted by Crippen LogP contribution is -2.41. The van der Waals surface area contributed by atoms with Gasteiger partial charge in [-0.1, -0.05) is 38.5 Å². The van der Waals surface area contributed by atoms with E-state index >= 15 is 0 Å². The van der Waals surface area contributed by atoms with Crippen molar-refractivity contribution in [3.63, 3.8) is 0 Å². The van der Waals surface area contributed by atoms with E-state index in [1.54, 1.807) is 0 Å². The molecule has 2 aliphatic rings. The third kappa shape index (κ3) is 2.92. The number of benzene rings is 1. The van der Waals surface area contributed by atoms with E-state index in [1.807, 2.05) is 24.3 Å². The Balaban J connectivity index is 1.79. The number of amides is 1. The van der Waals surface area contributed by atoms with Crippen molar-refractivity contribution >= 4 is 11.6 Å². The third-order valence-corrected chi connectivity index (χ3v) is 5.22. The minimum absolute atomic E-state index is 0.145. The molecule has 2 saturated carbocycles. The summed E-state index contributed by atoms with van der Waals surface area (Å²) >= 11 is 0. The molecule has 3 rings (SSSR count). The number of rotatable bonds is 4. The van der Waals surface area contributed by atoms with E-state index in [1.165, 1.54) is 6.42 Å². The molecule has 1 aromatic rings. The number of anilines is 1. The topological polar surface area (TPSA) is 46.3 Å². The minimum atomic E-state index is 0.145. The van der Waals surface area contributed by atoms with Crippen LogP contribution >= 0.6 is 0 Å². The molecule has 1 aromatic carbocycles. The van der Waals surface area contributed by atoms with Gasteiger partial charge in [-0.3, -0.25) is 4.79 Å². The first-order valence-corrected chi connectivity index (χ1v) is 8.13. The normalized spacial score (nSPS) is 24.0. The van der Waals surface area contributed by atoms with Crippen LogP contribution in [0.25, 0.3) is 0 Å². The molecule has 1 amide bonds. The Morgan fingerprint density at radius 1 is 1.29 bits per heavy atom. The van der Waals surface area contributed by atoms with E-state index in [0.717, 1.165) is 36.9 Å². The van der Waals surface area contributed by atoms with Crippen LogP contribution in [-0.2, 0) is 11.3 Å². The zero-order valence-electron chi connectivity index (χ0n) is 13.1. The summed E-state index contributed by atoms with van der Waals surface area (Å²) in [4.78, 5) is 15.1. The molecule has 21 heavy (non-hydrogen) atoms. The highest BCUT2D eigenvalue weighted by atomic mass is 16.2. The van der Waals surface area contributed by atoms with Crippen LogP contribution in [-0.4, -0.2) is 16.8 Å². The van der Waals surface area contributed by atoms with Crippen molar-refractivity contribution in [2.24, 2.45) is 11.3 Å². The van der Waals surface area contributed by atoms with Crippen molar-refractivity contribution in [3.05, 3.63) is 29.8 Å². The highest BCUT2D eigenvalue weighted by Gasteiger charge is 2.44. The van der Waals surface area contributed by atoms with Gasteiger partial charge in [-0.2, -0.15) is 0 Å². The molecule has 114 valence electrons. The molecule has 0 heterocycles. The molecule has 2 aliphatic carbocycles. The predicted octanol–water partition coefficient (Wildman–Crippen LogP) is 3.59. The second kappa shape index (κ2) is 5.36. The number of hydrogen-bond acceptors (Lipinski definition) is 2. The van der Waals surface area contributed by atoms with Gasteiger partial charge in [0.25, 0.3) is 0 Å². The van der Waals surface area contributed by atoms with Crippen LogP contribution in [0, 0.1) is 11.3 Å². The van der Waals surface area contributed by atoms with Crippen molar-refractivity contribution in [2.45, 2.75) is 58.5 Å². The summed E-state index contributed by atoms with van der Waals surface area (Å²) in [6.07, 6.45) is 5.67. The molecular formula is C18H26N2O. The van der Waals surface area contributed by atoms with Gasteiger partial charge in [0.05, 0.1) is 0 Å². The largest absolute Gasteiger partial charge is 0.398 e. The molecule has 0 spiro atoms. The van der Waals surface area contributed by atoms with Crippen LogP contribution in [0.4, 0.5) is 5.69 Å². The van der Waals surface area contributed by atoms with Crippen LogP contribution in [0.3, 0.4) is 0 Å². The smallest absolute Gasteiger partial charge is 0.226 e. The van der Waals surface area contributed by atoms with Gasteiger partial charge in [0.1, 0.15) is 0 Å². The average molecular weight is 286 g/mol. The summed E-state index contributed by atoms with van der Waals surface area (Å²) in [6, 6.07) is 8.35. The standard InChI is InChI=1S/C18H26N2O/c1-18(2)11-5-7-15(18)17(21)20(14-9-10-14)12-13-6-3-4-8-16(13)19/h3-4,6,8,14-15H,5,7,9-12,19H2,1-2H3. The molecule has 3 heteroatoms. The number of nitrogens with zero attached hydrogens (tertiary/aromatic N) is 1. The van der Waals surface area contributed by atoms with E-state index in [-0.39, 0.29) is 11.3 Å². The maximum atomic E-state index is 13.0. The summed E-state index contributed by atoms with van der Waals surface area (Å²) in [5.74, 6) is 0.534. The number of nitrogen functional groups attached to an aromatic ring is 1. The Kier molecular flexibility index (Phi) is 3.68. The number of nitrogens with two attached hydrogens (primary N) is 1. The van der Waals surface area contributed by atoms with Crippen LogP contribution in [0.5, 0.6) is 0 Å². The summed E-state index contributed by atoms with van der Waals surface area (Å²) in [5, 5.41) is 0. The molecule has 1 unspecified atom stereocenters. The molecule has 1 atom stereocenters. The fraction of sp³-hybridized carbons (Fsp3) is 0.611. The van der Waals surface area contributed by atoms with Crippen molar-refractivity contribution in [1.82, 2.24) is 4.90 Å². The maximum absolute atomic E-state index is 13.0. The van der Waals surface area contributed by atoms with Gasteiger partial charge in [0, 0.05) is 24.2 Å². The Bertz CT molecular complexity index is 534. The fourth-order valence-electron chi connectivity index (χ4n) is 3.62. The molecule has 0 aromatic heterocycles. The third-order valence-electron chi connectivity index (χ3n) is 5.22. The molecule has 0 saturated heterocycles. The average Bonchev–Trinajstić information content (AvgIpc) is 3.21. The first-order chi connectivity index (χ1) is 9.99. The summed E-state index contributed by atoms with van der Waals surface area (Å²) < 4.78 is 0. The van der Waals surface area contributed by atoms with E-state index in [0.29, 0.717) is 18.5 Å². The van der Waals surface area contributed by atoms with Gasteiger partial charge in [-0.25, -0.2) is 0 Å². The number of carbonyl (C=O) groups is 1. The van der Waals surface area contributed by atoms with Crippen LogP contribution in [0.15, 0.2) is 24.3 Å². The SMILES string of the molecule is CC1(C)CCCC1C(=O)N(Cc1ccccc1N)C1CC1. The van der Waals surface area contributed by atoms with Crippen LogP contribution < -0.4 is 5.73 Å². The number of para-hydroxylation sites is 1. The Hall–Kier alpha value is -1.51. The highest BCUT2D eigenvalue weighted by Crippen LogP contribution is 2.45. The van der Waals surface area contributed by atoms with Gasteiger partial charge in [-0.15, -0.1) is 0 Å². The van der Waals surface area contributed by atoms with Gasteiger partial charge in [0.15, 0.2) is 0 Å². The van der Waals surface area contributed by atoms with E-state index < -0.39 is 0 Å². The van der Waals surface area contributed by atoms with Gasteiger partial charge < -0.3 is 10.6 Å².